The van der Waals surface area contributed by atoms with Gasteiger partial charge in [-0.15, -0.1) is 0 Å². The van der Waals surface area contributed by atoms with E-state index in [1.54, 1.807) is 4.90 Å². The number of nitrogens with zero attached hydrogens (tertiary/aromatic N) is 1. The van der Waals surface area contributed by atoms with Crippen LogP contribution in [0.25, 0.3) is 0 Å². The van der Waals surface area contributed by atoms with Gasteiger partial charge >= 0.3 is 0 Å². The summed E-state index contributed by atoms with van der Waals surface area (Å²) in [5.74, 6) is 0.674. The number of benzene rings is 1. The van der Waals surface area contributed by atoms with Gasteiger partial charge in [0, 0.05) is 19.2 Å². The van der Waals surface area contributed by atoms with Crippen LogP contribution in [0.3, 0.4) is 0 Å². The Bertz CT molecular complexity index is 415. The molecule has 0 fully saturated rings. The van der Waals surface area contributed by atoms with Gasteiger partial charge in [-0.25, -0.2) is 0 Å². The van der Waals surface area contributed by atoms with Crippen molar-refractivity contribution in [3.05, 3.63) is 29.8 Å². The zero-order chi connectivity index (χ0) is 15.0. The van der Waals surface area contributed by atoms with Crippen molar-refractivity contribution >= 4 is 11.6 Å². The van der Waals surface area contributed by atoms with Crippen molar-refractivity contribution in [2.24, 2.45) is 5.73 Å². The zero-order valence-corrected chi connectivity index (χ0v) is 13.1. The molecule has 0 aliphatic heterocycles. The molecule has 0 unspecified atom stereocenters. The predicted molar refractivity (Wildman–Crippen MR) is 86.1 cm³/mol. The van der Waals surface area contributed by atoms with Gasteiger partial charge < -0.3 is 10.6 Å². The molecule has 20 heavy (non-hydrogen) atoms. The Morgan fingerprint density at radius 2 is 1.90 bits per heavy atom. The molecule has 1 rings (SSSR count). The SMILES string of the molecule is CC(C)c1cccc(N(C)C(=O)CCCCCCN)c1. The van der Waals surface area contributed by atoms with Crippen LogP contribution in [0.1, 0.15) is 57.4 Å². The number of amides is 1. The lowest BCUT2D eigenvalue weighted by Crippen LogP contribution is -2.25. The molecule has 0 saturated carbocycles. The van der Waals surface area contributed by atoms with E-state index < -0.39 is 0 Å². The molecule has 0 atom stereocenters. The van der Waals surface area contributed by atoms with Crippen LogP contribution >= 0.6 is 0 Å². The Morgan fingerprint density at radius 1 is 1.20 bits per heavy atom. The van der Waals surface area contributed by atoms with Gasteiger partial charge in [0.2, 0.25) is 5.91 Å². The van der Waals surface area contributed by atoms with Crippen molar-refractivity contribution in [1.82, 2.24) is 0 Å². The fourth-order valence-corrected chi connectivity index (χ4v) is 2.18. The van der Waals surface area contributed by atoms with Crippen molar-refractivity contribution < 1.29 is 4.79 Å². The van der Waals surface area contributed by atoms with E-state index in [1.807, 2.05) is 19.2 Å². The van der Waals surface area contributed by atoms with Crippen LogP contribution < -0.4 is 10.6 Å². The smallest absolute Gasteiger partial charge is 0.226 e. The molecule has 1 aromatic rings. The molecule has 0 radical (unpaired) electrons. The minimum atomic E-state index is 0.193. The molecule has 1 aromatic carbocycles. The van der Waals surface area contributed by atoms with E-state index in [-0.39, 0.29) is 5.91 Å². The predicted octanol–water partition coefficient (Wildman–Crippen LogP) is 3.68. The molecule has 112 valence electrons. The van der Waals surface area contributed by atoms with Gasteiger partial charge in [-0.3, -0.25) is 4.79 Å². The van der Waals surface area contributed by atoms with Crippen molar-refractivity contribution in [2.45, 2.75) is 51.9 Å². The lowest BCUT2D eigenvalue weighted by molar-refractivity contribution is -0.118. The first kappa shape index (κ1) is 16.7. The lowest BCUT2D eigenvalue weighted by Gasteiger charge is -2.19. The number of anilines is 1. The van der Waals surface area contributed by atoms with E-state index in [0.29, 0.717) is 12.3 Å². The van der Waals surface area contributed by atoms with Gasteiger partial charge in [0.15, 0.2) is 0 Å². The summed E-state index contributed by atoms with van der Waals surface area (Å²) in [7, 11) is 1.86. The van der Waals surface area contributed by atoms with E-state index >= 15 is 0 Å². The van der Waals surface area contributed by atoms with Gasteiger partial charge in [-0.1, -0.05) is 38.8 Å². The van der Waals surface area contributed by atoms with E-state index in [0.717, 1.165) is 37.9 Å². The molecule has 3 nitrogen and oxygen atoms in total. The quantitative estimate of drug-likeness (QED) is 0.736. The van der Waals surface area contributed by atoms with Crippen molar-refractivity contribution in [3.8, 4) is 0 Å². The van der Waals surface area contributed by atoms with Gasteiger partial charge in [-0.2, -0.15) is 0 Å². The molecule has 1 amide bonds. The fraction of sp³-hybridized carbons (Fsp3) is 0.588. The first-order chi connectivity index (χ1) is 9.56. The van der Waals surface area contributed by atoms with E-state index in [9.17, 15) is 4.79 Å². The van der Waals surface area contributed by atoms with E-state index in [2.05, 4.69) is 26.0 Å². The molecule has 2 N–H and O–H groups in total. The highest BCUT2D eigenvalue weighted by Gasteiger charge is 2.11. The van der Waals surface area contributed by atoms with Crippen LogP contribution in [-0.2, 0) is 4.79 Å². The third-order valence-electron chi connectivity index (χ3n) is 3.64. The van der Waals surface area contributed by atoms with Crippen molar-refractivity contribution in [1.29, 1.82) is 0 Å². The second-order valence-electron chi connectivity index (χ2n) is 5.66. The van der Waals surface area contributed by atoms with Crippen LogP contribution in [-0.4, -0.2) is 19.5 Å². The topological polar surface area (TPSA) is 46.3 Å². The average Bonchev–Trinajstić information content (AvgIpc) is 2.46. The Hall–Kier alpha value is -1.35. The first-order valence-corrected chi connectivity index (χ1v) is 7.63. The maximum atomic E-state index is 12.2. The van der Waals surface area contributed by atoms with Crippen LogP contribution in [0, 0.1) is 0 Å². The van der Waals surface area contributed by atoms with Crippen molar-refractivity contribution in [2.75, 3.05) is 18.5 Å². The standard InChI is InChI=1S/C17H28N2O/c1-14(2)15-9-8-10-16(13-15)19(3)17(20)11-6-4-5-7-12-18/h8-10,13-14H,4-7,11-12,18H2,1-3H3. The highest BCUT2D eigenvalue weighted by molar-refractivity contribution is 5.92. The largest absolute Gasteiger partial charge is 0.330 e. The molecular weight excluding hydrogens is 248 g/mol. The Balaban J connectivity index is 2.49. The molecule has 3 heteroatoms. The summed E-state index contributed by atoms with van der Waals surface area (Å²) < 4.78 is 0. The number of carbonyl (C=O) groups excluding carboxylic acids is 1. The summed E-state index contributed by atoms with van der Waals surface area (Å²) in [6, 6.07) is 8.24. The second kappa shape index (κ2) is 8.75. The molecule has 0 bridgehead atoms. The maximum Gasteiger partial charge on any atom is 0.226 e. The normalized spacial score (nSPS) is 10.8. The minimum Gasteiger partial charge on any atom is -0.330 e. The molecule has 0 aromatic heterocycles. The van der Waals surface area contributed by atoms with E-state index in [4.69, 9.17) is 5.73 Å². The van der Waals surface area contributed by atoms with Crippen LogP contribution in [0.5, 0.6) is 0 Å². The zero-order valence-electron chi connectivity index (χ0n) is 13.1. The van der Waals surface area contributed by atoms with Gasteiger partial charge in [0.05, 0.1) is 0 Å². The lowest BCUT2D eigenvalue weighted by atomic mass is 10.0. The van der Waals surface area contributed by atoms with Crippen LogP contribution in [0.4, 0.5) is 5.69 Å². The molecule has 0 spiro atoms. The summed E-state index contributed by atoms with van der Waals surface area (Å²) >= 11 is 0. The molecular formula is C17H28N2O. The maximum absolute atomic E-state index is 12.2. The molecule has 0 heterocycles. The average molecular weight is 276 g/mol. The third-order valence-corrected chi connectivity index (χ3v) is 3.64. The minimum absolute atomic E-state index is 0.193. The summed E-state index contributed by atoms with van der Waals surface area (Å²) in [5, 5.41) is 0. The fourth-order valence-electron chi connectivity index (χ4n) is 2.18. The number of hydrogen-bond acceptors (Lipinski definition) is 2. The summed E-state index contributed by atoms with van der Waals surface area (Å²) in [5.41, 5.74) is 7.72. The summed E-state index contributed by atoms with van der Waals surface area (Å²) in [4.78, 5) is 13.9. The Kier molecular flexibility index (Phi) is 7.31. The Morgan fingerprint density at radius 3 is 2.55 bits per heavy atom. The summed E-state index contributed by atoms with van der Waals surface area (Å²) in [6.07, 6.45) is 4.83. The van der Waals surface area contributed by atoms with E-state index in [1.165, 1.54) is 5.56 Å². The summed E-state index contributed by atoms with van der Waals surface area (Å²) in [6.45, 7) is 5.08. The van der Waals surface area contributed by atoms with Crippen LogP contribution in [0.15, 0.2) is 24.3 Å². The molecule has 0 aliphatic carbocycles. The molecule has 0 aliphatic rings. The number of unbranched alkanes of at least 4 members (excludes halogenated alkanes) is 3. The van der Waals surface area contributed by atoms with Crippen LogP contribution in [0.2, 0.25) is 0 Å². The van der Waals surface area contributed by atoms with Gasteiger partial charge in [0.25, 0.3) is 0 Å². The van der Waals surface area contributed by atoms with Gasteiger partial charge in [0.1, 0.15) is 0 Å². The number of nitrogens with two attached hydrogens (primary N) is 1. The molecule has 0 saturated heterocycles. The number of rotatable bonds is 8. The first-order valence-electron chi connectivity index (χ1n) is 7.63. The third kappa shape index (κ3) is 5.33. The van der Waals surface area contributed by atoms with Gasteiger partial charge in [-0.05, 0) is 43.0 Å². The highest BCUT2D eigenvalue weighted by atomic mass is 16.2. The second-order valence-corrected chi connectivity index (χ2v) is 5.66. The number of hydrogen-bond donors (Lipinski definition) is 1. The number of carbonyl (C=O) groups is 1. The monoisotopic (exact) mass is 276 g/mol. The van der Waals surface area contributed by atoms with Crippen molar-refractivity contribution in [3.63, 3.8) is 0 Å². The highest BCUT2D eigenvalue weighted by Crippen LogP contribution is 2.21. The Labute approximate surface area is 123 Å².